The van der Waals surface area contributed by atoms with E-state index in [9.17, 15) is 9.59 Å². The van der Waals surface area contributed by atoms with Crippen molar-refractivity contribution in [1.82, 2.24) is 15.2 Å². The topological polar surface area (TPSA) is 74.4 Å². The monoisotopic (exact) mass is 339 g/mol. The zero-order valence-corrected chi connectivity index (χ0v) is 13.9. The number of fused-ring (bicyclic) bond motifs is 1. The third-order valence-corrected chi connectivity index (χ3v) is 4.91. The Bertz CT molecular complexity index is 771. The highest BCUT2D eigenvalue weighted by molar-refractivity contribution is 5.96. The van der Waals surface area contributed by atoms with Crippen molar-refractivity contribution in [2.45, 2.75) is 25.0 Å². The molecule has 0 bridgehead atoms. The SMILES string of the molecule is O=C1CO[C@H]2CCN(C(=O)c3c[nH]cc3Cc3ccccc3)C[C@@H]2N1. The molecule has 0 unspecified atom stereocenters. The number of carbonyl (C=O) groups is 2. The Morgan fingerprint density at radius 1 is 1.24 bits per heavy atom. The molecule has 0 radical (unpaired) electrons. The highest BCUT2D eigenvalue weighted by Gasteiger charge is 2.36. The number of amides is 2. The van der Waals surface area contributed by atoms with E-state index in [-0.39, 0.29) is 30.6 Å². The van der Waals surface area contributed by atoms with Gasteiger partial charge in [0.1, 0.15) is 6.61 Å². The molecule has 2 aromatic rings. The standard InChI is InChI=1S/C19H21N3O3/c23-18-12-25-17-6-7-22(11-16(17)21-18)19(24)15-10-20-9-14(15)8-13-4-2-1-3-5-13/h1-5,9-10,16-17,20H,6-8,11-12H2,(H,21,23)/t16-,17-/m0/s1. The average molecular weight is 339 g/mol. The first-order valence-electron chi connectivity index (χ1n) is 8.60. The minimum Gasteiger partial charge on any atom is -0.367 e. The van der Waals surface area contributed by atoms with Crippen LogP contribution in [0, 0.1) is 0 Å². The van der Waals surface area contributed by atoms with Crippen LogP contribution in [0.3, 0.4) is 0 Å². The van der Waals surface area contributed by atoms with Crippen molar-refractivity contribution in [3.8, 4) is 0 Å². The van der Waals surface area contributed by atoms with E-state index in [1.807, 2.05) is 29.3 Å². The average Bonchev–Trinajstić information content (AvgIpc) is 3.09. The normalized spacial score (nSPS) is 23.0. The van der Waals surface area contributed by atoms with Crippen LogP contribution in [0.15, 0.2) is 42.7 Å². The number of rotatable bonds is 3. The second-order valence-electron chi connectivity index (χ2n) is 6.62. The summed E-state index contributed by atoms with van der Waals surface area (Å²) in [5, 5.41) is 2.94. The fourth-order valence-electron chi connectivity index (χ4n) is 3.61. The van der Waals surface area contributed by atoms with Crippen LogP contribution in [0.4, 0.5) is 0 Å². The lowest BCUT2D eigenvalue weighted by molar-refractivity contribution is -0.139. The number of hydrogen-bond acceptors (Lipinski definition) is 3. The van der Waals surface area contributed by atoms with E-state index in [0.29, 0.717) is 25.1 Å². The number of carbonyl (C=O) groups excluding carboxylic acids is 2. The second-order valence-corrected chi connectivity index (χ2v) is 6.62. The van der Waals surface area contributed by atoms with Crippen molar-refractivity contribution in [2.75, 3.05) is 19.7 Å². The van der Waals surface area contributed by atoms with Crippen molar-refractivity contribution in [1.29, 1.82) is 0 Å². The first-order chi connectivity index (χ1) is 12.2. The molecule has 2 N–H and O–H groups in total. The van der Waals surface area contributed by atoms with Gasteiger partial charge in [0.15, 0.2) is 0 Å². The smallest absolute Gasteiger partial charge is 0.255 e. The van der Waals surface area contributed by atoms with E-state index >= 15 is 0 Å². The molecule has 0 aliphatic carbocycles. The van der Waals surface area contributed by atoms with E-state index in [1.54, 1.807) is 6.20 Å². The number of morpholine rings is 1. The Morgan fingerprint density at radius 3 is 2.92 bits per heavy atom. The Morgan fingerprint density at radius 2 is 2.08 bits per heavy atom. The van der Waals surface area contributed by atoms with Gasteiger partial charge in [-0.15, -0.1) is 0 Å². The van der Waals surface area contributed by atoms with Crippen molar-refractivity contribution in [3.05, 3.63) is 59.4 Å². The number of hydrogen-bond donors (Lipinski definition) is 2. The number of piperidine rings is 1. The molecule has 2 aliphatic heterocycles. The number of aromatic nitrogens is 1. The Balaban J connectivity index is 1.48. The molecule has 2 saturated heterocycles. The van der Waals surface area contributed by atoms with Crippen LogP contribution in [0.1, 0.15) is 27.9 Å². The molecule has 4 rings (SSSR count). The van der Waals surface area contributed by atoms with Gasteiger partial charge < -0.3 is 19.9 Å². The number of likely N-dealkylation sites (tertiary alicyclic amines) is 1. The lowest BCUT2D eigenvalue weighted by atomic mass is 9.98. The molecule has 6 nitrogen and oxygen atoms in total. The second kappa shape index (κ2) is 6.72. The maximum atomic E-state index is 13.0. The first-order valence-corrected chi connectivity index (χ1v) is 8.60. The molecule has 3 heterocycles. The third-order valence-electron chi connectivity index (χ3n) is 4.91. The quantitative estimate of drug-likeness (QED) is 0.886. The molecule has 1 aromatic heterocycles. The summed E-state index contributed by atoms with van der Waals surface area (Å²) >= 11 is 0. The van der Waals surface area contributed by atoms with Gasteiger partial charge in [-0.3, -0.25) is 9.59 Å². The molecule has 130 valence electrons. The van der Waals surface area contributed by atoms with Crippen molar-refractivity contribution in [2.24, 2.45) is 0 Å². The Labute approximate surface area is 146 Å². The Hall–Kier alpha value is -2.60. The molecular formula is C19H21N3O3. The molecule has 6 heteroatoms. The summed E-state index contributed by atoms with van der Waals surface area (Å²) < 4.78 is 5.56. The van der Waals surface area contributed by atoms with Crippen molar-refractivity contribution in [3.63, 3.8) is 0 Å². The van der Waals surface area contributed by atoms with E-state index in [4.69, 9.17) is 4.74 Å². The highest BCUT2D eigenvalue weighted by atomic mass is 16.5. The first kappa shape index (κ1) is 15.9. The molecule has 2 atom stereocenters. The third kappa shape index (κ3) is 3.30. The minimum atomic E-state index is -0.115. The van der Waals surface area contributed by atoms with Crippen LogP contribution in [-0.4, -0.2) is 53.5 Å². The predicted octanol–water partition coefficient (Wildman–Crippen LogP) is 1.33. The number of nitrogens with one attached hydrogen (secondary N) is 2. The van der Waals surface area contributed by atoms with Gasteiger partial charge in [0, 0.05) is 25.5 Å². The number of nitrogens with zero attached hydrogens (tertiary/aromatic N) is 1. The molecule has 2 amide bonds. The highest BCUT2D eigenvalue weighted by Crippen LogP contribution is 2.21. The van der Waals surface area contributed by atoms with Gasteiger partial charge in [0.2, 0.25) is 5.91 Å². The summed E-state index contributed by atoms with van der Waals surface area (Å²) in [4.78, 5) is 29.4. The van der Waals surface area contributed by atoms with Gasteiger partial charge >= 0.3 is 0 Å². The van der Waals surface area contributed by atoms with E-state index < -0.39 is 0 Å². The summed E-state index contributed by atoms with van der Waals surface area (Å²) in [6.07, 6.45) is 5.12. The van der Waals surface area contributed by atoms with Crippen LogP contribution in [0.25, 0.3) is 0 Å². The zero-order chi connectivity index (χ0) is 17.2. The van der Waals surface area contributed by atoms with Crippen molar-refractivity contribution < 1.29 is 14.3 Å². The number of aromatic amines is 1. The maximum Gasteiger partial charge on any atom is 0.255 e. The fourth-order valence-corrected chi connectivity index (χ4v) is 3.61. The molecule has 2 fully saturated rings. The van der Waals surface area contributed by atoms with Gasteiger partial charge in [0.25, 0.3) is 5.91 Å². The summed E-state index contributed by atoms with van der Waals surface area (Å²) in [6, 6.07) is 9.98. The van der Waals surface area contributed by atoms with Crippen LogP contribution in [-0.2, 0) is 16.0 Å². The predicted molar refractivity (Wildman–Crippen MR) is 92.2 cm³/mol. The van der Waals surface area contributed by atoms with Gasteiger partial charge in [-0.1, -0.05) is 30.3 Å². The summed E-state index contributed by atoms with van der Waals surface area (Å²) in [5.41, 5.74) is 2.86. The molecule has 0 saturated carbocycles. The van der Waals surface area contributed by atoms with Crippen LogP contribution in [0.2, 0.25) is 0 Å². The van der Waals surface area contributed by atoms with Crippen LogP contribution < -0.4 is 5.32 Å². The minimum absolute atomic E-state index is 0.00505. The van der Waals surface area contributed by atoms with E-state index in [0.717, 1.165) is 12.0 Å². The van der Waals surface area contributed by atoms with Gasteiger partial charge in [-0.25, -0.2) is 0 Å². The number of benzene rings is 1. The fraction of sp³-hybridized carbons (Fsp3) is 0.368. The Kier molecular flexibility index (Phi) is 4.28. The molecule has 2 aliphatic rings. The van der Waals surface area contributed by atoms with Gasteiger partial charge in [-0.2, -0.15) is 0 Å². The van der Waals surface area contributed by atoms with Crippen molar-refractivity contribution >= 4 is 11.8 Å². The van der Waals surface area contributed by atoms with E-state index in [1.165, 1.54) is 5.56 Å². The van der Waals surface area contributed by atoms with Gasteiger partial charge in [0.05, 0.1) is 17.7 Å². The molecular weight excluding hydrogens is 318 g/mol. The van der Waals surface area contributed by atoms with Gasteiger partial charge in [-0.05, 0) is 24.0 Å². The van der Waals surface area contributed by atoms with E-state index in [2.05, 4.69) is 22.4 Å². The van der Waals surface area contributed by atoms with Crippen LogP contribution in [0.5, 0.6) is 0 Å². The molecule has 1 aromatic carbocycles. The molecule has 25 heavy (non-hydrogen) atoms. The summed E-state index contributed by atoms with van der Waals surface area (Å²) in [5.74, 6) is -0.104. The molecule has 0 spiro atoms. The number of ether oxygens (including phenoxy) is 1. The lowest BCUT2D eigenvalue weighted by Gasteiger charge is -2.41. The van der Waals surface area contributed by atoms with Crippen LogP contribution >= 0.6 is 0 Å². The number of H-pyrrole nitrogens is 1. The maximum absolute atomic E-state index is 13.0. The zero-order valence-electron chi connectivity index (χ0n) is 13.9. The summed E-state index contributed by atoms with van der Waals surface area (Å²) in [7, 11) is 0. The largest absolute Gasteiger partial charge is 0.367 e. The lowest BCUT2D eigenvalue weighted by Crippen LogP contribution is -2.61. The summed E-state index contributed by atoms with van der Waals surface area (Å²) in [6.45, 7) is 1.26.